The van der Waals surface area contributed by atoms with Crippen LogP contribution in [0.2, 0.25) is 0 Å². The quantitative estimate of drug-likeness (QED) is 0.775. The highest BCUT2D eigenvalue weighted by Crippen LogP contribution is 2.16. The van der Waals surface area contributed by atoms with E-state index in [0.29, 0.717) is 5.92 Å². The van der Waals surface area contributed by atoms with E-state index in [0.717, 1.165) is 39.0 Å². The number of carbonyl (C=O) groups excluding carboxylic acids is 1. The maximum absolute atomic E-state index is 12.0. The van der Waals surface area contributed by atoms with E-state index in [9.17, 15) is 4.79 Å². The zero-order chi connectivity index (χ0) is 12.1. The zero-order valence-electron chi connectivity index (χ0n) is 10.7. The summed E-state index contributed by atoms with van der Waals surface area (Å²) < 4.78 is 5.50. The van der Waals surface area contributed by atoms with Crippen molar-refractivity contribution < 1.29 is 9.53 Å². The molecular formula is C13H24N2O2. The molecule has 0 bridgehead atoms. The Hall–Kier alpha value is -0.610. The van der Waals surface area contributed by atoms with Crippen molar-refractivity contribution in [1.82, 2.24) is 10.6 Å². The van der Waals surface area contributed by atoms with Crippen LogP contribution in [0.1, 0.15) is 39.0 Å². The van der Waals surface area contributed by atoms with Crippen LogP contribution >= 0.6 is 0 Å². The van der Waals surface area contributed by atoms with Gasteiger partial charge < -0.3 is 15.4 Å². The number of hydrogen-bond acceptors (Lipinski definition) is 3. The Morgan fingerprint density at radius 2 is 2.24 bits per heavy atom. The van der Waals surface area contributed by atoms with Crippen molar-refractivity contribution >= 4 is 5.91 Å². The first-order valence-corrected chi connectivity index (χ1v) is 6.90. The van der Waals surface area contributed by atoms with Crippen molar-refractivity contribution in [3.8, 4) is 0 Å². The second kappa shape index (κ2) is 6.36. The van der Waals surface area contributed by atoms with Gasteiger partial charge in [0.1, 0.15) is 6.10 Å². The molecule has 2 fully saturated rings. The van der Waals surface area contributed by atoms with E-state index in [4.69, 9.17) is 4.74 Å². The lowest BCUT2D eigenvalue weighted by atomic mass is 9.92. The van der Waals surface area contributed by atoms with Crippen molar-refractivity contribution in [3.63, 3.8) is 0 Å². The van der Waals surface area contributed by atoms with Gasteiger partial charge in [0.15, 0.2) is 0 Å². The third-order valence-electron chi connectivity index (χ3n) is 3.88. The molecule has 2 heterocycles. The van der Waals surface area contributed by atoms with Crippen molar-refractivity contribution in [2.75, 3.05) is 19.7 Å². The Morgan fingerprint density at radius 3 is 2.88 bits per heavy atom. The van der Waals surface area contributed by atoms with Crippen LogP contribution in [0.25, 0.3) is 0 Å². The Bertz CT molecular complexity index is 246. The van der Waals surface area contributed by atoms with E-state index >= 15 is 0 Å². The first-order valence-electron chi connectivity index (χ1n) is 6.90. The molecule has 2 saturated heterocycles. The fraction of sp³-hybridized carbons (Fsp3) is 0.923. The summed E-state index contributed by atoms with van der Waals surface area (Å²) in [6.45, 7) is 4.98. The van der Waals surface area contributed by atoms with Crippen LogP contribution in [0.5, 0.6) is 0 Å². The van der Waals surface area contributed by atoms with Crippen molar-refractivity contribution in [3.05, 3.63) is 0 Å². The highest BCUT2D eigenvalue weighted by atomic mass is 16.5. The molecule has 0 aliphatic carbocycles. The van der Waals surface area contributed by atoms with Gasteiger partial charge in [-0.2, -0.15) is 0 Å². The fourth-order valence-corrected chi connectivity index (χ4v) is 2.69. The lowest BCUT2D eigenvalue weighted by Gasteiger charge is -2.30. The maximum Gasteiger partial charge on any atom is 0.249 e. The summed E-state index contributed by atoms with van der Waals surface area (Å²) in [4.78, 5) is 12.0. The van der Waals surface area contributed by atoms with Crippen LogP contribution in [-0.2, 0) is 9.53 Å². The SMILES string of the molecule is CC(NC(=O)C1CCCCO1)C1CCCNC1. The highest BCUT2D eigenvalue weighted by molar-refractivity contribution is 5.81. The van der Waals surface area contributed by atoms with Gasteiger partial charge in [-0.25, -0.2) is 0 Å². The van der Waals surface area contributed by atoms with E-state index in [1.165, 1.54) is 12.8 Å². The van der Waals surface area contributed by atoms with Gasteiger partial charge in [-0.3, -0.25) is 4.79 Å². The third kappa shape index (κ3) is 3.68. The molecular weight excluding hydrogens is 216 g/mol. The van der Waals surface area contributed by atoms with Gasteiger partial charge in [0, 0.05) is 12.6 Å². The molecule has 2 rings (SSSR count). The van der Waals surface area contributed by atoms with Gasteiger partial charge >= 0.3 is 0 Å². The number of rotatable bonds is 3. The molecule has 0 radical (unpaired) electrons. The number of hydrogen-bond donors (Lipinski definition) is 2. The summed E-state index contributed by atoms with van der Waals surface area (Å²) in [6.07, 6.45) is 5.29. The summed E-state index contributed by atoms with van der Waals surface area (Å²) in [5, 5.41) is 6.50. The summed E-state index contributed by atoms with van der Waals surface area (Å²) >= 11 is 0. The van der Waals surface area contributed by atoms with Gasteiger partial charge in [0.2, 0.25) is 5.91 Å². The highest BCUT2D eigenvalue weighted by Gasteiger charge is 2.26. The minimum atomic E-state index is -0.206. The number of carbonyl (C=O) groups is 1. The van der Waals surface area contributed by atoms with Gasteiger partial charge in [0.25, 0.3) is 0 Å². The lowest BCUT2D eigenvalue weighted by Crippen LogP contribution is -2.48. The minimum Gasteiger partial charge on any atom is -0.368 e. The summed E-state index contributed by atoms with van der Waals surface area (Å²) in [5.41, 5.74) is 0. The second-order valence-electron chi connectivity index (χ2n) is 5.26. The topological polar surface area (TPSA) is 50.4 Å². The number of amides is 1. The average Bonchev–Trinajstić information content (AvgIpc) is 2.40. The fourth-order valence-electron chi connectivity index (χ4n) is 2.69. The molecule has 4 heteroatoms. The smallest absolute Gasteiger partial charge is 0.249 e. The van der Waals surface area contributed by atoms with E-state index in [2.05, 4.69) is 17.6 Å². The Balaban J connectivity index is 1.76. The Morgan fingerprint density at radius 1 is 1.35 bits per heavy atom. The number of ether oxygens (including phenoxy) is 1. The predicted octanol–water partition coefficient (Wildman–Crippen LogP) is 1.06. The van der Waals surface area contributed by atoms with Crippen molar-refractivity contribution in [2.45, 2.75) is 51.2 Å². The molecule has 3 unspecified atom stereocenters. The largest absolute Gasteiger partial charge is 0.368 e. The van der Waals surface area contributed by atoms with E-state index in [1.807, 2.05) is 0 Å². The van der Waals surface area contributed by atoms with Gasteiger partial charge in [-0.05, 0) is 58.0 Å². The molecule has 17 heavy (non-hydrogen) atoms. The van der Waals surface area contributed by atoms with E-state index in [1.54, 1.807) is 0 Å². The first-order chi connectivity index (χ1) is 8.27. The molecule has 1 amide bonds. The third-order valence-corrected chi connectivity index (χ3v) is 3.88. The number of piperidine rings is 1. The molecule has 0 saturated carbocycles. The van der Waals surface area contributed by atoms with E-state index in [-0.39, 0.29) is 18.1 Å². The molecule has 2 aliphatic heterocycles. The summed E-state index contributed by atoms with van der Waals surface area (Å²) in [6, 6.07) is 0.251. The number of nitrogens with one attached hydrogen (secondary N) is 2. The normalized spacial score (nSPS) is 31.8. The van der Waals surface area contributed by atoms with Crippen LogP contribution in [0.4, 0.5) is 0 Å². The molecule has 0 spiro atoms. The van der Waals surface area contributed by atoms with Crippen LogP contribution in [0.3, 0.4) is 0 Å². The van der Waals surface area contributed by atoms with E-state index < -0.39 is 0 Å². The molecule has 0 aromatic heterocycles. The van der Waals surface area contributed by atoms with Crippen LogP contribution < -0.4 is 10.6 Å². The first kappa shape index (κ1) is 12.8. The summed E-state index contributed by atoms with van der Waals surface area (Å²) in [5.74, 6) is 0.652. The monoisotopic (exact) mass is 240 g/mol. The molecule has 3 atom stereocenters. The van der Waals surface area contributed by atoms with Gasteiger partial charge in [-0.1, -0.05) is 0 Å². The zero-order valence-corrected chi connectivity index (χ0v) is 10.7. The summed E-state index contributed by atoms with van der Waals surface area (Å²) in [7, 11) is 0. The lowest BCUT2D eigenvalue weighted by molar-refractivity contribution is -0.136. The van der Waals surface area contributed by atoms with Crippen LogP contribution in [0, 0.1) is 5.92 Å². The molecule has 98 valence electrons. The van der Waals surface area contributed by atoms with Crippen LogP contribution in [-0.4, -0.2) is 37.7 Å². The molecule has 4 nitrogen and oxygen atoms in total. The van der Waals surface area contributed by atoms with Gasteiger partial charge in [-0.15, -0.1) is 0 Å². The Labute approximate surface area is 103 Å². The predicted molar refractivity (Wildman–Crippen MR) is 66.8 cm³/mol. The molecule has 0 aromatic rings. The maximum atomic E-state index is 12.0. The van der Waals surface area contributed by atoms with Crippen LogP contribution in [0.15, 0.2) is 0 Å². The Kier molecular flexibility index (Phi) is 4.80. The average molecular weight is 240 g/mol. The molecule has 2 N–H and O–H groups in total. The van der Waals surface area contributed by atoms with Crippen molar-refractivity contribution in [2.24, 2.45) is 5.92 Å². The minimum absolute atomic E-state index is 0.0859. The standard InChI is InChI=1S/C13H24N2O2/c1-10(11-5-4-7-14-9-11)15-13(16)12-6-2-3-8-17-12/h10-12,14H,2-9H2,1H3,(H,15,16). The molecule has 0 aromatic carbocycles. The van der Waals surface area contributed by atoms with Gasteiger partial charge in [0.05, 0.1) is 0 Å². The van der Waals surface area contributed by atoms with Crippen molar-refractivity contribution in [1.29, 1.82) is 0 Å². The second-order valence-corrected chi connectivity index (χ2v) is 5.26. The molecule has 2 aliphatic rings.